The van der Waals surface area contributed by atoms with Gasteiger partial charge in [-0.25, -0.2) is 0 Å². The Morgan fingerprint density at radius 2 is 2.47 bits per heavy atom. The zero-order chi connectivity index (χ0) is 12.6. The van der Waals surface area contributed by atoms with E-state index >= 15 is 0 Å². The SMILES string of the molecule is C=CCSCCNC(=O)C1(CC)CCCNC1. The number of amides is 1. The van der Waals surface area contributed by atoms with Gasteiger partial charge in [0, 0.05) is 24.6 Å². The summed E-state index contributed by atoms with van der Waals surface area (Å²) < 4.78 is 0. The summed E-state index contributed by atoms with van der Waals surface area (Å²) in [6.45, 7) is 8.42. The smallest absolute Gasteiger partial charge is 0.227 e. The topological polar surface area (TPSA) is 41.1 Å². The number of piperidine rings is 1. The van der Waals surface area contributed by atoms with Gasteiger partial charge in [0.1, 0.15) is 0 Å². The van der Waals surface area contributed by atoms with Crippen LogP contribution < -0.4 is 10.6 Å². The molecule has 0 radical (unpaired) electrons. The van der Waals surface area contributed by atoms with Crippen molar-refractivity contribution in [2.24, 2.45) is 5.41 Å². The van der Waals surface area contributed by atoms with Crippen LogP contribution in [0.2, 0.25) is 0 Å². The molecule has 1 amide bonds. The number of hydrogen-bond acceptors (Lipinski definition) is 3. The minimum absolute atomic E-state index is 0.165. The van der Waals surface area contributed by atoms with Crippen LogP contribution in [0.5, 0.6) is 0 Å². The maximum Gasteiger partial charge on any atom is 0.227 e. The third-order valence-electron chi connectivity index (χ3n) is 3.40. The van der Waals surface area contributed by atoms with Gasteiger partial charge in [0.15, 0.2) is 0 Å². The fraction of sp³-hybridized carbons (Fsp3) is 0.769. The number of hydrogen-bond donors (Lipinski definition) is 2. The van der Waals surface area contributed by atoms with Crippen LogP contribution in [-0.2, 0) is 4.79 Å². The second-order valence-corrected chi connectivity index (χ2v) is 5.68. The molecule has 1 saturated heterocycles. The van der Waals surface area contributed by atoms with Gasteiger partial charge in [0.2, 0.25) is 5.91 Å². The first-order valence-corrected chi connectivity index (χ1v) is 7.58. The Labute approximate surface area is 109 Å². The zero-order valence-corrected chi connectivity index (χ0v) is 11.6. The lowest BCUT2D eigenvalue weighted by Gasteiger charge is -2.35. The van der Waals surface area contributed by atoms with Crippen molar-refractivity contribution in [1.29, 1.82) is 0 Å². The van der Waals surface area contributed by atoms with Crippen LogP contribution >= 0.6 is 11.8 Å². The van der Waals surface area contributed by atoms with Crippen molar-refractivity contribution in [1.82, 2.24) is 10.6 Å². The molecular weight excluding hydrogens is 232 g/mol. The molecule has 0 saturated carbocycles. The van der Waals surface area contributed by atoms with Gasteiger partial charge in [-0.3, -0.25) is 4.79 Å². The van der Waals surface area contributed by atoms with E-state index in [9.17, 15) is 4.79 Å². The molecule has 0 spiro atoms. The van der Waals surface area contributed by atoms with Gasteiger partial charge in [0.05, 0.1) is 5.41 Å². The number of carbonyl (C=O) groups is 1. The molecular formula is C13H24N2OS. The molecule has 1 aliphatic heterocycles. The van der Waals surface area contributed by atoms with Gasteiger partial charge in [-0.2, -0.15) is 11.8 Å². The minimum atomic E-state index is -0.165. The number of thioether (sulfide) groups is 1. The highest BCUT2D eigenvalue weighted by molar-refractivity contribution is 7.99. The van der Waals surface area contributed by atoms with Crippen molar-refractivity contribution in [3.05, 3.63) is 12.7 Å². The fourth-order valence-electron chi connectivity index (χ4n) is 2.21. The Morgan fingerprint density at radius 1 is 1.65 bits per heavy atom. The van der Waals surface area contributed by atoms with Crippen LogP contribution in [0.3, 0.4) is 0 Å². The van der Waals surface area contributed by atoms with Crippen molar-refractivity contribution in [2.75, 3.05) is 31.1 Å². The third-order valence-corrected chi connectivity index (χ3v) is 4.36. The Bertz CT molecular complexity index is 250. The first kappa shape index (κ1) is 14.6. The summed E-state index contributed by atoms with van der Waals surface area (Å²) >= 11 is 1.80. The predicted octanol–water partition coefficient (Wildman–Crippen LogP) is 1.80. The molecule has 4 heteroatoms. The molecule has 0 aromatic carbocycles. The normalized spacial score (nSPS) is 24.3. The van der Waals surface area contributed by atoms with E-state index in [0.29, 0.717) is 0 Å². The first-order chi connectivity index (χ1) is 8.25. The van der Waals surface area contributed by atoms with Gasteiger partial charge < -0.3 is 10.6 Å². The molecule has 0 bridgehead atoms. The van der Waals surface area contributed by atoms with Crippen molar-refractivity contribution >= 4 is 17.7 Å². The summed E-state index contributed by atoms with van der Waals surface area (Å²) in [6, 6.07) is 0. The highest BCUT2D eigenvalue weighted by Crippen LogP contribution is 2.30. The number of rotatable bonds is 7. The Balaban J connectivity index is 2.30. The molecule has 1 rings (SSSR count). The number of nitrogens with one attached hydrogen (secondary N) is 2. The molecule has 0 aliphatic carbocycles. The van der Waals surface area contributed by atoms with E-state index in [1.807, 2.05) is 6.08 Å². The lowest BCUT2D eigenvalue weighted by atomic mass is 9.77. The van der Waals surface area contributed by atoms with Gasteiger partial charge in [-0.1, -0.05) is 13.0 Å². The molecule has 3 nitrogen and oxygen atoms in total. The second kappa shape index (κ2) is 7.77. The van der Waals surface area contributed by atoms with E-state index in [2.05, 4.69) is 24.1 Å². The second-order valence-electron chi connectivity index (χ2n) is 4.53. The maximum absolute atomic E-state index is 12.2. The summed E-state index contributed by atoms with van der Waals surface area (Å²) in [5.41, 5.74) is -0.165. The molecule has 98 valence electrons. The molecule has 17 heavy (non-hydrogen) atoms. The van der Waals surface area contributed by atoms with Crippen LogP contribution in [0.25, 0.3) is 0 Å². The Morgan fingerprint density at radius 3 is 3.06 bits per heavy atom. The summed E-state index contributed by atoms with van der Waals surface area (Å²) in [7, 11) is 0. The average molecular weight is 256 g/mol. The van der Waals surface area contributed by atoms with Gasteiger partial charge in [-0.15, -0.1) is 6.58 Å². The number of carbonyl (C=O) groups excluding carboxylic acids is 1. The third kappa shape index (κ3) is 4.36. The highest BCUT2D eigenvalue weighted by Gasteiger charge is 2.37. The highest BCUT2D eigenvalue weighted by atomic mass is 32.2. The molecule has 1 aliphatic rings. The molecule has 0 aromatic heterocycles. The average Bonchev–Trinajstić information content (AvgIpc) is 2.39. The Hall–Kier alpha value is -0.480. The Kier molecular flexibility index (Phi) is 6.66. The van der Waals surface area contributed by atoms with E-state index < -0.39 is 0 Å². The van der Waals surface area contributed by atoms with E-state index in [1.165, 1.54) is 0 Å². The quantitative estimate of drug-likeness (QED) is 0.539. The summed E-state index contributed by atoms with van der Waals surface area (Å²) in [6.07, 6.45) is 4.94. The van der Waals surface area contributed by atoms with Crippen molar-refractivity contribution < 1.29 is 4.79 Å². The van der Waals surface area contributed by atoms with Gasteiger partial charge in [-0.05, 0) is 25.8 Å². The molecule has 2 N–H and O–H groups in total. The maximum atomic E-state index is 12.2. The minimum Gasteiger partial charge on any atom is -0.355 e. The monoisotopic (exact) mass is 256 g/mol. The van der Waals surface area contributed by atoms with Crippen LogP contribution in [0.1, 0.15) is 26.2 Å². The summed E-state index contributed by atoms with van der Waals surface area (Å²) in [5.74, 6) is 2.15. The largest absolute Gasteiger partial charge is 0.355 e. The van der Waals surface area contributed by atoms with Gasteiger partial charge in [0.25, 0.3) is 0 Å². The van der Waals surface area contributed by atoms with Crippen LogP contribution in [-0.4, -0.2) is 37.0 Å². The van der Waals surface area contributed by atoms with E-state index in [-0.39, 0.29) is 11.3 Å². The van der Waals surface area contributed by atoms with Crippen molar-refractivity contribution in [3.63, 3.8) is 0 Å². The van der Waals surface area contributed by atoms with E-state index in [4.69, 9.17) is 0 Å². The van der Waals surface area contributed by atoms with Crippen LogP contribution in [0.15, 0.2) is 12.7 Å². The van der Waals surface area contributed by atoms with E-state index in [1.54, 1.807) is 11.8 Å². The lowest BCUT2D eigenvalue weighted by Crippen LogP contribution is -2.50. The van der Waals surface area contributed by atoms with Crippen LogP contribution in [0.4, 0.5) is 0 Å². The zero-order valence-electron chi connectivity index (χ0n) is 10.8. The molecule has 1 fully saturated rings. The summed E-state index contributed by atoms with van der Waals surface area (Å²) in [5, 5.41) is 6.41. The first-order valence-electron chi connectivity index (χ1n) is 6.43. The van der Waals surface area contributed by atoms with Gasteiger partial charge >= 0.3 is 0 Å². The predicted molar refractivity (Wildman–Crippen MR) is 75.4 cm³/mol. The summed E-state index contributed by atoms with van der Waals surface area (Å²) in [4.78, 5) is 12.2. The van der Waals surface area contributed by atoms with Crippen molar-refractivity contribution in [2.45, 2.75) is 26.2 Å². The molecule has 1 unspecified atom stereocenters. The van der Waals surface area contributed by atoms with Crippen molar-refractivity contribution in [3.8, 4) is 0 Å². The molecule has 1 atom stereocenters. The standard InChI is InChI=1S/C13H24N2OS/c1-3-9-17-10-8-15-12(16)13(4-2)6-5-7-14-11-13/h3,14H,1,4-11H2,2H3,(H,15,16). The van der Waals surface area contributed by atoms with E-state index in [0.717, 1.165) is 50.4 Å². The molecule has 1 heterocycles. The molecule has 0 aromatic rings. The lowest BCUT2D eigenvalue weighted by molar-refractivity contribution is -0.132. The van der Waals surface area contributed by atoms with Crippen LogP contribution in [0, 0.1) is 5.41 Å². The fourth-order valence-corrected chi connectivity index (χ4v) is 2.79.